The topological polar surface area (TPSA) is 12.0 Å². The molecule has 11 heavy (non-hydrogen) atoms. The molecule has 1 heteroatoms. The lowest BCUT2D eigenvalue weighted by atomic mass is 9.92. The molecular formula is C10H23N. The van der Waals surface area contributed by atoms with Crippen LogP contribution in [0, 0.1) is 0 Å². The van der Waals surface area contributed by atoms with E-state index >= 15 is 0 Å². The van der Waals surface area contributed by atoms with Gasteiger partial charge in [-0.3, -0.25) is 0 Å². The largest absolute Gasteiger partial charge is 0.315 e. The van der Waals surface area contributed by atoms with E-state index in [0.717, 1.165) is 0 Å². The predicted octanol–water partition coefficient (Wildman–Crippen LogP) is 2.95. The van der Waals surface area contributed by atoms with E-state index in [4.69, 9.17) is 0 Å². The van der Waals surface area contributed by atoms with Gasteiger partial charge in [-0.15, -0.1) is 0 Å². The fraction of sp³-hybridized carbons (Fsp3) is 1.00. The first-order valence-corrected chi connectivity index (χ1v) is 4.87. The van der Waals surface area contributed by atoms with Gasteiger partial charge in [0.1, 0.15) is 0 Å². The van der Waals surface area contributed by atoms with Crippen LogP contribution in [-0.4, -0.2) is 12.6 Å². The second kappa shape index (κ2) is 5.59. The number of hydrogen-bond acceptors (Lipinski definition) is 1. The van der Waals surface area contributed by atoms with Gasteiger partial charge in [-0.1, -0.05) is 33.1 Å². The standard InChI is InChI=1S/C10H23N/c1-5-7-8-9-10(3,6-2)11-4/h11H,5-9H2,1-4H3. The molecule has 1 atom stereocenters. The van der Waals surface area contributed by atoms with Gasteiger partial charge >= 0.3 is 0 Å². The van der Waals surface area contributed by atoms with Crippen LogP contribution >= 0.6 is 0 Å². The molecule has 0 heterocycles. The third-order valence-electron chi connectivity index (χ3n) is 2.72. The first-order valence-electron chi connectivity index (χ1n) is 4.87. The Morgan fingerprint density at radius 1 is 1.18 bits per heavy atom. The Balaban J connectivity index is 3.51. The van der Waals surface area contributed by atoms with Crippen molar-refractivity contribution in [2.75, 3.05) is 7.05 Å². The van der Waals surface area contributed by atoms with Crippen LogP contribution in [0.1, 0.15) is 52.9 Å². The van der Waals surface area contributed by atoms with Crippen molar-refractivity contribution in [1.82, 2.24) is 5.32 Å². The summed E-state index contributed by atoms with van der Waals surface area (Å²) in [7, 11) is 2.06. The fourth-order valence-corrected chi connectivity index (χ4v) is 1.24. The van der Waals surface area contributed by atoms with Gasteiger partial charge in [0.05, 0.1) is 0 Å². The number of rotatable bonds is 6. The van der Waals surface area contributed by atoms with E-state index in [1.54, 1.807) is 0 Å². The maximum Gasteiger partial charge on any atom is 0.0147 e. The molecule has 68 valence electrons. The highest BCUT2D eigenvalue weighted by molar-refractivity contribution is 4.78. The van der Waals surface area contributed by atoms with E-state index < -0.39 is 0 Å². The van der Waals surface area contributed by atoms with Crippen molar-refractivity contribution < 1.29 is 0 Å². The lowest BCUT2D eigenvalue weighted by Gasteiger charge is -2.27. The zero-order chi connectivity index (χ0) is 8.74. The van der Waals surface area contributed by atoms with Crippen LogP contribution in [0.15, 0.2) is 0 Å². The van der Waals surface area contributed by atoms with Gasteiger partial charge in [-0.25, -0.2) is 0 Å². The molecule has 0 aliphatic heterocycles. The third-order valence-corrected chi connectivity index (χ3v) is 2.72. The zero-order valence-corrected chi connectivity index (χ0v) is 8.54. The highest BCUT2D eigenvalue weighted by atomic mass is 14.9. The van der Waals surface area contributed by atoms with Crippen molar-refractivity contribution in [2.24, 2.45) is 0 Å². The molecule has 1 unspecified atom stereocenters. The minimum atomic E-state index is 0.384. The molecule has 0 bridgehead atoms. The van der Waals surface area contributed by atoms with Crippen molar-refractivity contribution in [3.8, 4) is 0 Å². The summed E-state index contributed by atoms with van der Waals surface area (Å²) in [6.45, 7) is 6.81. The van der Waals surface area contributed by atoms with E-state index in [1.807, 2.05) is 0 Å². The van der Waals surface area contributed by atoms with Crippen LogP contribution in [0.4, 0.5) is 0 Å². The zero-order valence-electron chi connectivity index (χ0n) is 8.54. The molecule has 0 radical (unpaired) electrons. The van der Waals surface area contributed by atoms with E-state index in [-0.39, 0.29) is 0 Å². The highest BCUT2D eigenvalue weighted by Crippen LogP contribution is 2.17. The van der Waals surface area contributed by atoms with Crippen molar-refractivity contribution >= 4 is 0 Å². The van der Waals surface area contributed by atoms with E-state index in [2.05, 4.69) is 33.1 Å². The Morgan fingerprint density at radius 3 is 2.18 bits per heavy atom. The van der Waals surface area contributed by atoms with Crippen LogP contribution in [-0.2, 0) is 0 Å². The lowest BCUT2D eigenvalue weighted by Crippen LogP contribution is -2.38. The van der Waals surface area contributed by atoms with Gasteiger partial charge in [-0.2, -0.15) is 0 Å². The first-order chi connectivity index (χ1) is 5.18. The van der Waals surface area contributed by atoms with Crippen molar-refractivity contribution in [2.45, 2.75) is 58.4 Å². The second-order valence-electron chi connectivity index (χ2n) is 3.62. The van der Waals surface area contributed by atoms with Crippen molar-refractivity contribution in [1.29, 1.82) is 0 Å². The Hall–Kier alpha value is -0.0400. The summed E-state index contributed by atoms with van der Waals surface area (Å²) in [5.74, 6) is 0. The van der Waals surface area contributed by atoms with E-state index in [9.17, 15) is 0 Å². The van der Waals surface area contributed by atoms with Gasteiger partial charge < -0.3 is 5.32 Å². The smallest absolute Gasteiger partial charge is 0.0147 e. The van der Waals surface area contributed by atoms with Crippen LogP contribution in [0.2, 0.25) is 0 Å². The molecule has 0 aromatic rings. The molecule has 0 saturated carbocycles. The van der Waals surface area contributed by atoms with Gasteiger partial charge in [0.25, 0.3) is 0 Å². The number of hydrogen-bond donors (Lipinski definition) is 1. The van der Waals surface area contributed by atoms with Crippen LogP contribution < -0.4 is 5.32 Å². The minimum absolute atomic E-state index is 0.384. The molecule has 1 N–H and O–H groups in total. The molecule has 0 rings (SSSR count). The molecule has 0 amide bonds. The molecule has 0 aromatic heterocycles. The Bertz CT molecular complexity index is 84.9. The van der Waals surface area contributed by atoms with Crippen LogP contribution in [0.25, 0.3) is 0 Å². The molecule has 0 saturated heterocycles. The summed E-state index contributed by atoms with van der Waals surface area (Å²) in [6, 6.07) is 0. The van der Waals surface area contributed by atoms with E-state index in [0.29, 0.717) is 5.54 Å². The normalized spacial score (nSPS) is 16.4. The highest BCUT2D eigenvalue weighted by Gasteiger charge is 2.17. The molecule has 0 aromatic carbocycles. The maximum atomic E-state index is 3.39. The van der Waals surface area contributed by atoms with Gasteiger partial charge in [0.2, 0.25) is 0 Å². The Morgan fingerprint density at radius 2 is 1.82 bits per heavy atom. The van der Waals surface area contributed by atoms with Gasteiger partial charge in [0, 0.05) is 5.54 Å². The molecule has 0 spiro atoms. The summed E-state index contributed by atoms with van der Waals surface area (Å²) < 4.78 is 0. The average Bonchev–Trinajstić information content (AvgIpc) is 2.05. The Labute approximate surface area is 71.6 Å². The quantitative estimate of drug-likeness (QED) is 0.584. The summed E-state index contributed by atoms with van der Waals surface area (Å²) >= 11 is 0. The minimum Gasteiger partial charge on any atom is -0.315 e. The average molecular weight is 157 g/mol. The molecular weight excluding hydrogens is 134 g/mol. The molecule has 0 fully saturated rings. The summed E-state index contributed by atoms with van der Waals surface area (Å²) in [6.07, 6.45) is 6.60. The van der Waals surface area contributed by atoms with Crippen LogP contribution in [0.3, 0.4) is 0 Å². The fourth-order valence-electron chi connectivity index (χ4n) is 1.24. The number of unbranched alkanes of at least 4 members (excludes halogenated alkanes) is 2. The van der Waals surface area contributed by atoms with Gasteiger partial charge in [0.15, 0.2) is 0 Å². The predicted molar refractivity (Wildman–Crippen MR) is 51.9 cm³/mol. The maximum absolute atomic E-state index is 3.39. The van der Waals surface area contributed by atoms with Crippen LogP contribution in [0.5, 0.6) is 0 Å². The van der Waals surface area contributed by atoms with Crippen molar-refractivity contribution in [3.05, 3.63) is 0 Å². The summed E-state index contributed by atoms with van der Waals surface area (Å²) in [4.78, 5) is 0. The van der Waals surface area contributed by atoms with Gasteiger partial charge in [-0.05, 0) is 26.8 Å². The number of nitrogens with one attached hydrogen (secondary N) is 1. The van der Waals surface area contributed by atoms with E-state index in [1.165, 1.54) is 32.1 Å². The first kappa shape index (κ1) is 11.0. The Kier molecular flexibility index (Phi) is 5.57. The lowest BCUT2D eigenvalue weighted by molar-refractivity contribution is 0.332. The third kappa shape index (κ3) is 4.41. The van der Waals surface area contributed by atoms with Crippen molar-refractivity contribution in [3.63, 3.8) is 0 Å². The molecule has 0 aliphatic carbocycles. The second-order valence-corrected chi connectivity index (χ2v) is 3.62. The summed E-state index contributed by atoms with van der Waals surface area (Å²) in [5, 5.41) is 3.39. The summed E-state index contributed by atoms with van der Waals surface area (Å²) in [5.41, 5.74) is 0.384. The SMILES string of the molecule is CCCCCC(C)(CC)NC. The molecule has 0 aliphatic rings. The monoisotopic (exact) mass is 157 g/mol. The molecule has 1 nitrogen and oxygen atoms in total.